The minimum atomic E-state index is -4.69. The van der Waals surface area contributed by atoms with Gasteiger partial charge in [-0.05, 0) is 12.1 Å². The van der Waals surface area contributed by atoms with Gasteiger partial charge in [-0.2, -0.15) is 23.4 Å². The second-order valence-corrected chi connectivity index (χ2v) is 8.31. The van der Waals surface area contributed by atoms with E-state index in [4.69, 9.17) is 4.74 Å². The molecule has 0 spiro atoms. The molecule has 1 aliphatic carbocycles. The quantitative estimate of drug-likeness (QED) is 0.544. The molecule has 2 fully saturated rings. The van der Waals surface area contributed by atoms with E-state index in [0.29, 0.717) is 24.0 Å². The minimum absolute atomic E-state index is 0.219. The molecule has 34 heavy (non-hydrogen) atoms. The number of anilines is 2. The fourth-order valence-corrected chi connectivity index (χ4v) is 3.85. The van der Waals surface area contributed by atoms with Crippen molar-refractivity contribution in [1.29, 1.82) is 0 Å². The number of alkyl halides is 4. The van der Waals surface area contributed by atoms with Crippen LogP contribution in [0.5, 0.6) is 5.75 Å². The summed E-state index contributed by atoms with van der Waals surface area (Å²) in [6, 6.07) is 1.75. The Labute approximate surface area is 189 Å². The third-order valence-corrected chi connectivity index (χ3v) is 5.68. The normalized spacial score (nSPS) is 20.2. The van der Waals surface area contributed by atoms with Crippen LogP contribution in [-0.4, -0.2) is 50.8 Å². The van der Waals surface area contributed by atoms with Crippen molar-refractivity contribution in [2.75, 3.05) is 23.3 Å². The van der Waals surface area contributed by atoms with E-state index < -0.39 is 35.7 Å². The molecule has 2 aromatic heterocycles. The predicted octanol–water partition coefficient (Wildman–Crippen LogP) is 3.58. The van der Waals surface area contributed by atoms with Crippen molar-refractivity contribution in [2.24, 2.45) is 7.05 Å². The first-order valence-electron chi connectivity index (χ1n) is 10.4. The molecule has 0 radical (unpaired) electrons. The van der Waals surface area contributed by atoms with Gasteiger partial charge in [-0.25, -0.2) is 8.78 Å². The van der Waals surface area contributed by atoms with E-state index in [1.54, 1.807) is 18.1 Å². The van der Waals surface area contributed by atoms with E-state index in [0.717, 1.165) is 12.1 Å². The number of benzene rings is 1. The SMILES string of the molecule is Cn1ncc(C(=O)Nc2cnn(C3CC3F)c2)c1N1CC(Oc2cc(F)cc(C(F)(F)F)c2)C1. The molecule has 1 aromatic carbocycles. The topological polar surface area (TPSA) is 77.2 Å². The van der Waals surface area contributed by atoms with Gasteiger partial charge in [-0.1, -0.05) is 0 Å². The maximum absolute atomic E-state index is 13.6. The summed E-state index contributed by atoms with van der Waals surface area (Å²) < 4.78 is 74.0. The zero-order valence-corrected chi connectivity index (χ0v) is 17.8. The van der Waals surface area contributed by atoms with Gasteiger partial charge in [-0.15, -0.1) is 0 Å². The van der Waals surface area contributed by atoms with Gasteiger partial charge in [0.05, 0.1) is 42.8 Å². The molecule has 1 saturated heterocycles. The van der Waals surface area contributed by atoms with Crippen LogP contribution in [0.25, 0.3) is 0 Å². The van der Waals surface area contributed by atoms with Gasteiger partial charge in [-0.3, -0.25) is 14.2 Å². The highest BCUT2D eigenvalue weighted by Gasteiger charge is 2.40. The van der Waals surface area contributed by atoms with Crippen molar-refractivity contribution in [2.45, 2.75) is 30.9 Å². The lowest BCUT2D eigenvalue weighted by molar-refractivity contribution is -0.137. The van der Waals surface area contributed by atoms with Crippen LogP contribution >= 0.6 is 0 Å². The molecule has 3 aromatic rings. The predicted molar refractivity (Wildman–Crippen MR) is 110 cm³/mol. The van der Waals surface area contributed by atoms with E-state index in [1.807, 2.05) is 0 Å². The van der Waals surface area contributed by atoms with Gasteiger partial charge < -0.3 is 15.0 Å². The Balaban J connectivity index is 1.24. The van der Waals surface area contributed by atoms with Crippen molar-refractivity contribution < 1.29 is 31.5 Å². The summed E-state index contributed by atoms with van der Waals surface area (Å²) in [5.41, 5.74) is -0.444. The number of carbonyl (C=O) groups excluding carboxylic acids is 1. The number of rotatable bonds is 6. The molecule has 2 unspecified atom stereocenters. The van der Waals surface area contributed by atoms with Gasteiger partial charge in [0.15, 0.2) is 0 Å². The molecule has 1 N–H and O–H groups in total. The number of hydrogen-bond acceptors (Lipinski definition) is 5. The molecule has 0 bridgehead atoms. The first-order chi connectivity index (χ1) is 16.1. The Morgan fingerprint density at radius 1 is 1.18 bits per heavy atom. The lowest BCUT2D eigenvalue weighted by atomic mass is 10.1. The van der Waals surface area contributed by atoms with Crippen LogP contribution in [0.15, 0.2) is 36.8 Å². The molecular formula is C21H19F5N6O2. The summed E-state index contributed by atoms with van der Waals surface area (Å²) in [7, 11) is 1.65. The first-order valence-corrected chi connectivity index (χ1v) is 10.4. The van der Waals surface area contributed by atoms with Crippen LogP contribution < -0.4 is 15.0 Å². The molecule has 1 saturated carbocycles. The van der Waals surface area contributed by atoms with Gasteiger partial charge in [0.25, 0.3) is 5.91 Å². The van der Waals surface area contributed by atoms with E-state index in [2.05, 4.69) is 15.5 Å². The highest BCUT2D eigenvalue weighted by molar-refractivity contribution is 6.07. The van der Waals surface area contributed by atoms with Crippen molar-refractivity contribution in [3.8, 4) is 5.75 Å². The molecule has 1 amide bonds. The summed E-state index contributed by atoms with van der Waals surface area (Å²) >= 11 is 0. The van der Waals surface area contributed by atoms with Crippen LogP contribution in [0.1, 0.15) is 28.4 Å². The molecule has 5 rings (SSSR count). The summed E-state index contributed by atoms with van der Waals surface area (Å²) in [6.45, 7) is 0.518. The second-order valence-electron chi connectivity index (χ2n) is 8.31. The maximum atomic E-state index is 13.6. The summed E-state index contributed by atoms with van der Waals surface area (Å²) in [4.78, 5) is 14.6. The third kappa shape index (κ3) is 4.29. The highest BCUT2D eigenvalue weighted by Crippen LogP contribution is 2.39. The number of nitrogens with one attached hydrogen (secondary N) is 1. The lowest BCUT2D eigenvalue weighted by Gasteiger charge is -2.40. The average Bonchev–Trinajstić information content (AvgIpc) is 3.10. The minimum Gasteiger partial charge on any atom is -0.487 e. The number of hydrogen-bond donors (Lipinski definition) is 1. The van der Waals surface area contributed by atoms with Gasteiger partial charge >= 0.3 is 6.18 Å². The van der Waals surface area contributed by atoms with Crippen molar-refractivity contribution in [1.82, 2.24) is 19.6 Å². The largest absolute Gasteiger partial charge is 0.487 e. The third-order valence-electron chi connectivity index (χ3n) is 5.68. The standard InChI is InChI=1S/C21H19F5N6O2/c1-30-20(16(7-27-30)19(33)29-13-6-28-32(8-13)18-5-17(18)23)31-9-15(10-31)34-14-3-11(21(24,25)26)2-12(22)4-14/h2-4,6-8,15,17-18H,5,9-10H2,1H3,(H,29,33). The van der Waals surface area contributed by atoms with E-state index in [1.165, 1.54) is 21.8 Å². The van der Waals surface area contributed by atoms with Crippen LogP contribution in [-0.2, 0) is 13.2 Å². The molecule has 2 atom stereocenters. The van der Waals surface area contributed by atoms with E-state index in [9.17, 15) is 26.7 Å². The van der Waals surface area contributed by atoms with Crippen LogP contribution in [0.4, 0.5) is 33.5 Å². The molecule has 3 heterocycles. The molecule has 13 heteroatoms. The lowest BCUT2D eigenvalue weighted by Crippen LogP contribution is -2.55. The van der Waals surface area contributed by atoms with Crippen LogP contribution in [0.3, 0.4) is 0 Å². The molecular weight excluding hydrogens is 463 g/mol. The Morgan fingerprint density at radius 2 is 1.91 bits per heavy atom. The average molecular weight is 482 g/mol. The maximum Gasteiger partial charge on any atom is 0.416 e. The summed E-state index contributed by atoms with van der Waals surface area (Å²) in [5, 5.41) is 10.9. The Bertz CT molecular complexity index is 1230. The second kappa shape index (κ2) is 7.99. The molecule has 180 valence electrons. The van der Waals surface area contributed by atoms with E-state index >= 15 is 0 Å². The molecule has 1 aliphatic heterocycles. The summed E-state index contributed by atoms with van der Waals surface area (Å²) in [6.07, 6.45) is -1.34. The highest BCUT2D eigenvalue weighted by atomic mass is 19.4. The zero-order chi connectivity index (χ0) is 24.2. The first kappa shape index (κ1) is 22.2. The van der Waals surface area contributed by atoms with Crippen LogP contribution in [0, 0.1) is 5.82 Å². The van der Waals surface area contributed by atoms with Crippen molar-refractivity contribution in [3.63, 3.8) is 0 Å². The number of aromatic nitrogens is 4. The van der Waals surface area contributed by atoms with Gasteiger partial charge in [0.2, 0.25) is 0 Å². The number of amides is 1. The fourth-order valence-electron chi connectivity index (χ4n) is 3.85. The number of nitrogens with zero attached hydrogens (tertiary/aromatic N) is 5. The smallest absolute Gasteiger partial charge is 0.416 e. The van der Waals surface area contributed by atoms with Crippen molar-refractivity contribution >= 4 is 17.4 Å². The number of halogens is 5. The monoisotopic (exact) mass is 482 g/mol. The fraction of sp³-hybridized carbons (Fsp3) is 0.381. The molecule has 8 nitrogen and oxygen atoms in total. The number of carbonyl (C=O) groups is 1. The Kier molecular flexibility index (Phi) is 5.21. The van der Waals surface area contributed by atoms with Crippen molar-refractivity contribution in [3.05, 3.63) is 53.7 Å². The Morgan fingerprint density at radius 3 is 2.59 bits per heavy atom. The van der Waals surface area contributed by atoms with Crippen LogP contribution in [0.2, 0.25) is 0 Å². The Hall–Kier alpha value is -3.64. The zero-order valence-electron chi connectivity index (χ0n) is 17.8. The van der Waals surface area contributed by atoms with E-state index in [-0.39, 0.29) is 30.4 Å². The van der Waals surface area contributed by atoms with Gasteiger partial charge in [0.1, 0.15) is 35.2 Å². The van der Waals surface area contributed by atoms with Gasteiger partial charge in [0, 0.05) is 25.7 Å². The number of ether oxygens (including phenoxy) is 1. The number of aryl methyl sites for hydroxylation is 1. The molecule has 2 aliphatic rings. The summed E-state index contributed by atoms with van der Waals surface area (Å²) in [5.74, 6) is -1.22.